The minimum absolute atomic E-state index is 0.620. The highest BCUT2D eigenvalue weighted by molar-refractivity contribution is 7.26. The van der Waals surface area contributed by atoms with Crippen LogP contribution in [-0.2, 0) is 0 Å². The first-order chi connectivity index (χ1) is 27.8. The molecule has 0 N–H and O–H groups in total. The first-order valence-corrected chi connectivity index (χ1v) is 19.6. The van der Waals surface area contributed by atoms with Crippen molar-refractivity contribution in [3.63, 3.8) is 0 Å². The van der Waals surface area contributed by atoms with Crippen molar-refractivity contribution in [3.8, 4) is 62.1 Å². The third kappa shape index (κ3) is 5.32. The van der Waals surface area contributed by atoms with Gasteiger partial charge in [0.1, 0.15) is 0 Å². The Labute approximate surface area is 327 Å². The van der Waals surface area contributed by atoms with Crippen LogP contribution in [0.25, 0.3) is 104 Å². The molecule has 0 fully saturated rings. The first-order valence-electron chi connectivity index (χ1n) is 18.8. The van der Waals surface area contributed by atoms with Gasteiger partial charge in [-0.05, 0) is 34.9 Å². The molecular formula is C51H32N4S. The van der Waals surface area contributed by atoms with Crippen molar-refractivity contribution in [1.82, 2.24) is 19.5 Å². The lowest BCUT2D eigenvalue weighted by atomic mass is 9.94. The fourth-order valence-electron chi connectivity index (χ4n) is 8.09. The molecule has 0 saturated carbocycles. The van der Waals surface area contributed by atoms with Gasteiger partial charge in [0, 0.05) is 48.5 Å². The molecule has 8 aromatic carbocycles. The number of hydrogen-bond acceptors (Lipinski definition) is 4. The van der Waals surface area contributed by atoms with Gasteiger partial charge < -0.3 is 4.57 Å². The van der Waals surface area contributed by atoms with Gasteiger partial charge in [-0.15, -0.1) is 11.3 Å². The summed E-state index contributed by atoms with van der Waals surface area (Å²) in [4.78, 5) is 15.5. The molecule has 0 aliphatic rings. The van der Waals surface area contributed by atoms with Crippen LogP contribution >= 0.6 is 11.3 Å². The highest BCUT2D eigenvalue weighted by atomic mass is 32.1. The van der Waals surface area contributed by atoms with Gasteiger partial charge in [-0.1, -0.05) is 176 Å². The van der Waals surface area contributed by atoms with E-state index >= 15 is 0 Å². The Hall–Kier alpha value is -7.21. The molecule has 0 bridgehead atoms. The predicted molar refractivity (Wildman–Crippen MR) is 234 cm³/mol. The van der Waals surface area contributed by atoms with Crippen LogP contribution in [0.15, 0.2) is 194 Å². The van der Waals surface area contributed by atoms with E-state index in [4.69, 9.17) is 15.0 Å². The molecule has 0 saturated heterocycles. The average molecular weight is 733 g/mol. The first kappa shape index (κ1) is 32.2. The Kier molecular flexibility index (Phi) is 7.64. The molecule has 11 aromatic rings. The molecule has 5 heteroatoms. The summed E-state index contributed by atoms with van der Waals surface area (Å²) in [7, 11) is 0. The summed E-state index contributed by atoms with van der Waals surface area (Å²) in [5.74, 6) is 1.89. The molecular weight excluding hydrogens is 701 g/mol. The van der Waals surface area contributed by atoms with E-state index in [0.29, 0.717) is 17.5 Å². The Morgan fingerprint density at radius 2 is 0.893 bits per heavy atom. The van der Waals surface area contributed by atoms with Crippen molar-refractivity contribution >= 4 is 53.3 Å². The van der Waals surface area contributed by atoms with Crippen molar-refractivity contribution < 1.29 is 0 Å². The highest BCUT2D eigenvalue weighted by Crippen LogP contribution is 2.46. The lowest BCUT2D eigenvalue weighted by Gasteiger charge is -2.19. The fourth-order valence-corrected chi connectivity index (χ4v) is 9.33. The van der Waals surface area contributed by atoms with E-state index in [1.807, 2.05) is 47.7 Å². The minimum Gasteiger partial charge on any atom is -0.307 e. The van der Waals surface area contributed by atoms with E-state index in [9.17, 15) is 0 Å². The molecule has 0 amide bonds. The van der Waals surface area contributed by atoms with E-state index in [1.165, 1.54) is 42.0 Å². The Morgan fingerprint density at radius 1 is 0.357 bits per heavy atom. The lowest BCUT2D eigenvalue weighted by Crippen LogP contribution is -2.04. The van der Waals surface area contributed by atoms with Gasteiger partial charge >= 0.3 is 0 Å². The second-order valence-electron chi connectivity index (χ2n) is 14.0. The molecule has 0 radical (unpaired) electrons. The standard InChI is InChI=1S/C51H32N4S/c1-4-15-33(16-5-1)34-27-29-35(30-28-34)46-42(51-53-49(36-17-6-2-7-18-36)52-50(54-51)37-19-8-3-9-20-37)23-14-25-44(46)55-43-24-12-10-21-38(43)40-31-32-41-39-22-11-13-26-45(39)56-48(41)47(40)55/h1-32H. The van der Waals surface area contributed by atoms with Crippen molar-refractivity contribution in [3.05, 3.63) is 194 Å². The third-order valence-electron chi connectivity index (χ3n) is 10.7. The molecule has 3 heterocycles. The fraction of sp³-hybridized carbons (Fsp3) is 0. The van der Waals surface area contributed by atoms with Crippen molar-refractivity contribution in [2.24, 2.45) is 0 Å². The second-order valence-corrected chi connectivity index (χ2v) is 15.0. The van der Waals surface area contributed by atoms with Crippen LogP contribution in [0, 0.1) is 0 Å². The summed E-state index contributed by atoms with van der Waals surface area (Å²) in [6.45, 7) is 0. The van der Waals surface area contributed by atoms with E-state index in [-0.39, 0.29) is 0 Å². The number of para-hydroxylation sites is 1. The second kappa shape index (κ2) is 13.3. The average Bonchev–Trinajstić information content (AvgIpc) is 3.83. The van der Waals surface area contributed by atoms with Gasteiger partial charge in [0.25, 0.3) is 0 Å². The molecule has 0 atom stereocenters. The van der Waals surface area contributed by atoms with E-state index in [0.717, 1.165) is 44.6 Å². The van der Waals surface area contributed by atoms with Crippen LogP contribution in [0.1, 0.15) is 0 Å². The van der Waals surface area contributed by atoms with Gasteiger partial charge in [0.15, 0.2) is 17.5 Å². The maximum Gasteiger partial charge on any atom is 0.164 e. The monoisotopic (exact) mass is 732 g/mol. The molecule has 4 nitrogen and oxygen atoms in total. The zero-order valence-corrected chi connectivity index (χ0v) is 31.0. The van der Waals surface area contributed by atoms with Crippen molar-refractivity contribution in [1.29, 1.82) is 0 Å². The summed E-state index contributed by atoms with van der Waals surface area (Å²) in [5, 5.41) is 5.00. The highest BCUT2D eigenvalue weighted by Gasteiger charge is 2.23. The topological polar surface area (TPSA) is 43.6 Å². The summed E-state index contributed by atoms with van der Waals surface area (Å²) >= 11 is 1.86. The lowest BCUT2D eigenvalue weighted by molar-refractivity contribution is 1.07. The summed E-state index contributed by atoms with van der Waals surface area (Å²) in [6, 6.07) is 68.5. The van der Waals surface area contributed by atoms with Crippen LogP contribution in [0.2, 0.25) is 0 Å². The molecule has 0 spiro atoms. The number of benzene rings is 8. The van der Waals surface area contributed by atoms with E-state index in [1.54, 1.807) is 0 Å². The number of rotatable bonds is 6. The summed E-state index contributed by atoms with van der Waals surface area (Å²) in [6.07, 6.45) is 0. The van der Waals surface area contributed by atoms with E-state index in [2.05, 4.69) is 162 Å². The predicted octanol–water partition coefficient (Wildman–Crippen LogP) is 13.7. The van der Waals surface area contributed by atoms with Crippen molar-refractivity contribution in [2.75, 3.05) is 0 Å². The van der Waals surface area contributed by atoms with Crippen LogP contribution in [0.3, 0.4) is 0 Å². The van der Waals surface area contributed by atoms with E-state index < -0.39 is 0 Å². The van der Waals surface area contributed by atoms with Crippen LogP contribution < -0.4 is 0 Å². The molecule has 0 unspecified atom stereocenters. The number of aromatic nitrogens is 4. The Balaban J connectivity index is 1.24. The van der Waals surface area contributed by atoms with Gasteiger partial charge in [0.05, 0.1) is 21.4 Å². The molecule has 11 rings (SSSR count). The van der Waals surface area contributed by atoms with Crippen molar-refractivity contribution in [2.45, 2.75) is 0 Å². The normalized spacial score (nSPS) is 11.6. The van der Waals surface area contributed by atoms with Gasteiger partial charge in [0.2, 0.25) is 0 Å². The Morgan fingerprint density at radius 3 is 1.59 bits per heavy atom. The smallest absolute Gasteiger partial charge is 0.164 e. The van der Waals surface area contributed by atoms with Gasteiger partial charge in [-0.2, -0.15) is 0 Å². The molecule has 3 aromatic heterocycles. The number of fused-ring (bicyclic) bond motifs is 7. The molecule has 0 aliphatic heterocycles. The summed E-state index contributed by atoms with van der Waals surface area (Å²) < 4.78 is 5.03. The molecule has 262 valence electrons. The van der Waals surface area contributed by atoms with Gasteiger partial charge in [-0.25, -0.2) is 15.0 Å². The number of thiophene rings is 1. The maximum absolute atomic E-state index is 5.25. The van der Waals surface area contributed by atoms with Crippen LogP contribution in [-0.4, -0.2) is 19.5 Å². The third-order valence-corrected chi connectivity index (χ3v) is 11.9. The maximum atomic E-state index is 5.25. The Bertz CT molecular complexity index is 3160. The largest absolute Gasteiger partial charge is 0.307 e. The van der Waals surface area contributed by atoms with Crippen LogP contribution in [0.5, 0.6) is 0 Å². The molecule has 56 heavy (non-hydrogen) atoms. The zero-order valence-electron chi connectivity index (χ0n) is 30.2. The number of hydrogen-bond donors (Lipinski definition) is 0. The molecule has 0 aliphatic carbocycles. The minimum atomic E-state index is 0.620. The quantitative estimate of drug-likeness (QED) is 0.171. The number of nitrogens with zero attached hydrogens (tertiary/aromatic N) is 4. The summed E-state index contributed by atoms with van der Waals surface area (Å²) in [5.41, 5.74) is 10.7. The van der Waals surface area contributed by atoms with Crippen LogP contribution in [0.4, 0.5) is 0 Å². The SMILES string of the molecule is c1ccc(-c2ccc(-c3c(-c4nc(-c5ccccc5)nc(-c5ccccc5)n4)cccc3-n3c4ccccc4c4ccc5c6ccccc6sc5c43)cc2)cc1. The van der Waals surface area contributed by atoms with Gasteiger partial charge in [-0.3, -0.25) is 0 Å². The zero-order chi connectivity index (χ0) is 37.0.